The summed E-state index contributed by atoms with van der Waals surface area (Å²) in [6.07, 6.45) is 0. The second-order valence-electron chi connectivity index (χ2n) is 10.2. The topological polar surface area (TPSA) is 0 Å². The molecule has 0 amide bonds. The van der Waals surface area contributed by atoms with E-state index in [2.05, 4.69) is 145 Å². The third-order valence-corrected chi connectivity index (χ3v) is 7.58. The van der Waals surface area contributed by atoms with Crippen LogP contribution < -0.4 is 0 Å². The molecule has 0 fully saturated rings. The van der Waals surface area contributed by atoms with Gasteiger partial charge in [-0.3, -0.25) is 0 Å². The fraction of sp³-hybridized carbons (Fsp3) is 0.158. The fourth-order valence-corrected chi connectivity index (χ4v) is 5.32. The molecule has 0 aromatic heterocycles. The number of hydrogen-bond donors (Lipinski definition) is 0. The van der Waals surface area contributed by atoms with Gasteiger partial charge in [0.05, 0.1) is 0 Å². The van der Waals surface area contributed by atoms with Gasteiger partial charge in [0.25, 0.3) is 0 Å². The van der Waals surface area contributed by atoms with Crippen LogP contribution in [0.15, 0.2) is 97.1 Å². The summed E-state index contributed by atoms with van der Waals surface area (Å²) in [5.41, 5.74) is 13.5. The number of rotatable bonds is 2. The van der Waals surface area contributed by atoms with Crippen molar-refractivity contribution >= 4 is 53.2 Å². The number of aryl methyl sites for hydroxylation is 4. The minimum absolute atomic E-state index is 0. The van der Waals surface area contributed by atoms with E-state index in [9.17, 15) is 0 Å². The monoisotopic (exact) mass is 686 g/mol. The Morgan fingerprint density at radius 1 is 0.476 bits per heavy atom. The average Bonchev–Trinajstić information content (AvgIpc) is 3.49. The van der Waals surface area contributed by atoms with Gasteiger partial charge in [0.15, 0.2) is 0 Å². The molecular weight excluding hydrogens is 647 g/mol. The van der Waals surface area contributed by atoms with E-state index in [1.165, 1.54) is 101 Å². The molecule has 0 aliphatic carbocycles. The zero-order valence-corrected chi connectivity index (χ0v) is 31.1. The summed E-state index contributed by atoms with van der Waals surface area (Å²) in [6, 6.07) is 35.3. The van der Waals surface area contributed by atoms with Gasteiger partial charge in [-0.25, -0.2) is 0 Å². The number of halogens is 2. The summed E-state index contributed by atoms with van der Waals surface area (Å²) in [6.45, 7) is 16.1. The first-order valence-electron chi connectivity index (χ1n) is 13.0. The Morgan fingerprint density at radius 3 is 1.14 bits per heavy atom. The predicted octanol–water partition coefficient (Wildman–Crippen LogP) is 11.7. The fourth-order valence-electron chi connectivity index (χ4n) is 5.32. The van der Waals surface area contributed by atoms with E-state index in [1.54, 1.807) is 0 Å². The SMILES string of the molecule is Cc1cc2c(-c3cccc(C)c3C)cccc2[cH-]1.Cc1cc2c(-c3cccc(C)c3C)cccc2[cH-]1.Cl.Cl.[CH3-].[CH3-].[Si]=[Zr]. The van der Waals surface area contributed by atoms with E-state index in [1.807, 2.05) is 0 Å². The van der Waals surface area contributed by atoms with Gasteiger partial charge in [0, 0.05) is 0 Å². The van der Waals surface area contributed by atoms with Gasteiger partial charge in [-0.1, -0.05) is 73.5 Å². The van der Waals surface area contributed by atoms with Crippen molar-refractivity contribution < 1.29 is 23.3 Å². The second kappa shape index (κ2) is 17.8. The van der Waals surface area contributed by atoms with E-state index < -0.39 is 0 Å². The summed E-state index contributed by atoms with van der Waals surface area (Å²) in [7, 11) is 0. The third kappa shape index (κ3) is 8.45. The van der Waals surface area contributed by atoms with Crippen LogP contribution in [0.2, 0.25) is 0 Å². The van der Waals surface area contributed by atoms with Crippen molar-refractivity contribution in [1.82, 2.24) is 0 Å². The van der Waals surface area contributed by atoms with Crippen LogP contribution in [0.1, 0.15) is 33.4 Å². The van der Waals surface area contributed by atoms with Crippen molar-refractivity contribution in [2.24, 2.45) is 0 Å². The van der Waals surface area contributed by atoms with Crippen molar-refractivity contribution in [2.45, 2.75) is 41.5 Å². The van der Waals surface area contributed by atoms with Crippen LogP contribution in [0.4, 0.5) is 0 Å². The molecule has 4 heteroatoms. The molecule has 6 rings (SSSR count). The summed E-state index contributed by atoms with van der Waals surface area (Å²) in [5, 5.41) is 5.41. The minimum atomic E-state index is 0. The Bertz CT molecular complexity index is 1600. The Labute approximate surface area is 283 Å². The molecule has 2 radical (unpaired) electrons. The Hall–Kier alpha value is -2.22. The Balaban J connectivity index is 0.000000694. The molecule has 0 N–H and O–H groups in total. The first kappa shape index (κ1) is 39.8. The normalized spacial score (nSPS) is 9.55. The first-order valence-corrected chi connectivity index (χ1v) is 17.2. The molecule has 6 aromatic rings. The van der Waals surface area contributed by atoms with Crippen LogP contribution in [0.3, 0.4) is 0 Å². The molecule has 220 valence electrons. The molecule has 6 aromatic carbocycles. The molecule has 0 aliphatic rings. The van der Waals surface area contributed by atoms with E-state index >= 15 is 0 Å². The molecule has 0 aliphatic heterocycles. The zero-order chi connectivity index (χ0) is 27.4. The van der Waals surface area contributed by atoms with Gasteiger partial charge < -0.3 is 14.9 Å². The predicted molar refractivity (Wildman–Crippen MR) is 191 cm³/mol. The van der Waals surface area contributed by atoms with Crippen molar-refractivity contribution in [2.75, 3.05) is 0 Å². The number of benzene rings is 4. The van der Waals surface area contributed by atoms with Gasteiger partial charge in [0.1, 0.15) is 0 Å². The standard InChI is InChI=1S/2C18H17.2CH3.2ClH.Si.Zr/c2*1-12-10-15-7-5-9-17(18(15)11-12)16-8-4-6-13(2)14(16)3;;;;;;/h2*4-11H,1-3H3;2*1H3;2*1H;;/q4*-1;;;;. The van der Waals surface area contributed by atoms with Crippen LogP contribution in [0.5, 0.6) is 0 Å². The van der Waals surface area contributed by atoms with Crippen molar-refractivity contribution in [3.05, 3.63) is 145 Å². The maximum atomic E-state index is 3.06. The van der Waals surface area contributed by atoms with Gasteiger partial charge >= 0.3 is 30.2 Å². The molecule has 0 atom stereocenters. The van der Waals surface area contributed by atoms with Gasteiger partial charge in [0.2, 0.25) is 0 Å². The van der Waals surface area contributed by atoms with E-state index in [0.717, 1.165) is 0 Å². The number of fused-ring (bicyclic) bond motifs is 2. The molecule has 0 heterocycles. The molecule has 0 bridgehead atoms. The van der Waals surface area contributed by atoms with Crippen LogP contribution in [-0.2, 0) is 23.3 Å². The summed E-state index contributed by atoms with van der Waals surface area (Å²) in [4.78, 5) is 0. The number of hydrogen-bond acceptors (Lipinski definition) is 0. The van der Waals surface area contributed by atoms with Gasteiger partial charge in [-0.15, -0.1) is 93.9 Å². The van der Waals surface area contributed by atoms with Crippen LogP contribution in [0.25, 0.3) is 43.8 Å². The molecule has 0 spiro atoms. The van der Waals surface area contributed by atoms with Crippen LogP contribution in [0, 0.1) is 56.4 Å². The summed E-state index contributed by atoms with van der Waals surface area (Å²) < 4.78 is 0. The molecule has 0 unspecified atom stereocenters. The summed E-state index contributed by atoms with van der Waals surface area (Å²) >= 11 is 1.36. The first-order chi connectivity index (χ1) is 18.3. The zero-order valence-electron chi connectivity index (χ0n) is 26.1. The molecule has 0 nitrogen and oxygen atoms in total. The Kier molecular flexibility index (Phi) is 16.8. The molecular formula is C38H42Cl2SiZr-4. The van der Waals surface area contributed by atoms with Crippen molar-refractivity contribution in [3.8, 4) is 22.3 Å². The second-order valence-corrected chi connectivity index (χ2v) is 10.2. The van der Waals surface area contributed by atoms with Crippen LogP contribution in [-0.4, -0.2) is 6.88 Å². The molecule has 42 heavy (non-hydrogen) atoms. The average molecular weight is 689 g/mol. The van der Waals surface area contributed by atoms with Crippen molar-refractivity contribution in [3.63, 3.8) is 0 Å². The maximum absolute atomic E-state index is 3.06. The third-order valence-electron chi connectivity index (χ3n) is 7.58. The van der Waals surface area contributed by atoms with E-state index in [4.69, 9.17) is 0 Å². The van der Waals surface area contributed by atoms with Crippen molar-refractivity contribution in [1.29, 1.82) is 0 Å². The Morgan fingerprint density at radius 2 is 0.786 bits per heavy atom. The van der Waals surface area contributed by atoms with E-state index in [0.29, 0.717) is 0 Å². The van der Waals surface area contributed by atoms with Crippen LogP contribution >= 0.6 is 24.8 Å². The van der Waals surface area contributed by atoms with Gasteiger partial charge in [-0.2, -0.15) is 12.1 Å². The quantitative estimate of drug-likeness (QED) is 0.125. The summed E-state index contributed by atoms with van der Waals surface area (Å²) in [5.74, 6) is 0. The molecule has 0 saturated carbocycles. The van der Waals surface area contributed by atoms with Gasteiger partial charge in [-0.05, 0) is 61.1 Å². The molecule has 0 saturated heterocycles. The van der Waals surface area contributed by atoms with E-state index in [-0.39, 0.29) is 39.7 Å².